The van der Waals surface area contributed by atoms with Crippen LogP contribution < -0.4 is 10.4 Å². The van der Waals surface area contributed by atoms with Crippen LogP contribution in [0.25, 0.3) is 0 Å². The Morgan fingerprint density at radius 3 is 2.55 bits per heavy atom. The lowest BCUT2D eigenvalue weighted by molar-refractivity contribution is -0.133. The molecule has 2 rings (SSSR count). The van der Waals surface area contributed by atoms with Gasteiger partial charge in [0.05, 0.1) is 24.4 Å². The Labute approximate surface area is 129 Å². The van der Waals surface area contributed by atoms with Gasteiger partial charge >= 0.3 is 5.97 Å². The Bertz CT molecular complexity index is 618. The Hall–Kier alpha value is -2.59. The standard InChI is InChI=1S/C15H19N5O2/c1-10(2)13-17-19(3)14(15(21)22-4)18-20(13)12-7-5-11(9-16)6-8-12/h5-8,10,13,17H,1-4H3. The first kappa shape index (κ1) is 15.8. The quantitative estimate of drug-likeness (QED) is 0.847. The first-order valence-electron chi connectivity index (χ1n) is 6.94. The number of esters is 1. The fraction of sp³-hybridized carbons (Fsp3) is 0.400. The number of hydrogen-bond donors (Lipinski definition) is 1. The van der Waals surface area contributed by atoms with Crippen LogP contribution in [0.5, 0.6) is 0 Å². The molecule has 7 heteroatoms. The van der Waals surface area contributed by atoms with Crippen molar-refractivity contribution in [2.45, 2.75) is 20.0 Å². The van der Waals surface area contributed by atoms with Gasteiger partial charge in [-0.25, -0.2) is 15.2 Å². The van der Waals surface area contributed by atoms with Crippen molar-refractivity contribution in [1.82, 2.24) is 10.4 Å². The highest BCUT2D eigenvalue weighted by Gasteiger charge is 2.32. The number of hydrazine groups is 1. The van der Waals surface area contributed by atoms with Gasteiger partial charge in [-0.05, 0) is 30.2 Å². The Morgan fingerprint density at radius 2 is 2.05 bits per heavy atom. The van der Waals surface area contributed by atoms with Gasteiger partial charge in [0, 0.05) is 7.05 Å². The third-order valence-electron chi connectivity index (χ3n) is 3.37. The van der Waals surface area contributed by atoms with E-state index < -0.39 is 5.97 Å². The summed E-state index contributed by atoms with van der Waals surface area (Å²) in [5.41, 5.74) is 4.59. The molecule has 0 aliphatic carbocycles. The number of benzene rings is 1. The molecule has 7 nitrogen and oxygen atoms in total. The van der Waals surface area contributed by atoms with Gasteiger partial charge in [-0.2, -0.15) is 5.26 Å². The average molecular weight is 301 g/mol. The normalized spacial score (nSPS) is 18.0. The molecule has 1 N–H and O–H groups in total. The first-order chi connectivity index (χ1) is 10.5. The van der Waals surface area contributed by atoms with E-state index in [9.17, 15) is 4.79 Å². The zero-order valence-corrected chi connectivity index (χ0v) is 13.1. The molecule has 0 saturated carbocycles. The average Bonchev–Trinajstić information content (AvgIpc) is 2.54. The molecule has 0 radical (unpaired) electrons. The predicted octanol–water partition coefficient (Wildman–Crippen LogP) is 1.28. The maximum Gasteiger partial charge on any atom is 0.377 e. The summed E-state index contributed by atoms with van der Waals surface area (Å²) >= 11 is 0. The molecule has 1 unspecified atom stereocenters. The van der Waals surface area contributed by atoms with Crippen molar-refractivity contribution in [3.63, 3.8) is 0 Å². The molecule has 0 amide bonds. The molecule has 0 spiro atoms. The van der Waals surface area contributed by atoms with Gasteiger partial charge in [0.2, 0.25) is 5.84 Å². The van der Waals surface area contributed by atoms with Crippen LogP contribution in [0.4, 0.5) is 5.69 Å². The van der Waals surface area contributed by atoms with Gasteiger partial charge in [-0.15, -0.1) is 5.10 Å². The second-order valence-corrected chi connectivity index (χ2v) is 5.30. The Morgan fingerprint density at radius 1 is 1.41 bits per heavy atom. The van der Waals surface area contributed by atoms with Gasteiger partial charge in [0.15, 0.2) is 0 Å². The third-order valence-corrected chi connectivity index (χ3v) is 3.37. The van der Waals surface area contributed by atoms with Gasteiger partial charge in [-0.1, -0.05) is 13.8 Å². The number of anilines is 1. The predicted molar refractivity (Wildman–Crippen MR) is 82.6 cm³/mol. The number of carbonyl (C=O) groups is 1. The molecule has 0 bridgehead atoms. The van der Waals surface area contributed by atoms with Crippen molar-refractivity contribution < 1.29 is 9.53 Å². The molecule has 1 atom stereocenters. The third kappa shape index (κ3) is 3.02. The summed E-state index contributed by atoms with van der Waals surface area (Å²) in [6.45, 7) is 4.11. The smallest absolute Gasteiger partial charge is 0.377 e. The van der Waals surface area contributed by atoms with Gasteiger partial charge in [0.1, 0.15) is 6.17 Å². The number of nitrogens with one attached hydrogen (secondary N) is 1. The summed E-state index contributed by atoms with van der Waals surface area (Å²) in [7, 11) is 3.04. The van der Waals surface area contributed by atoms with E-state index in [-0.39, 0.29) is 17.9 Å². The zero-order valence-electron chi connectivity index (χ0n) is 13.1. The number of hydrogen-bond acceptors (Lipinski definition) is 7. The summed E-state index contributed by atoms with van der Waals surface area (Å²) in [6, 6.07) is 9.13. The molecule has 1 heterocycles. The van der Waals surface area contributed by atoms with Crippen molar-refractivity contribution >= 4 is 17.5 Å². The highest BCUT2D eigenvalue weighted by atomic mass is 16.5. The molecule has 1 aromatic rings. The number of rotatable bonds is 3. The Kier molecular flexibility index (Phi) is 4.63. The highest BCUT2D eigenvalue weighted by Crippen LogP contribution is 2.23. The summed E-state index contributed by atoms with van der Waals surface area (Å²) in [4.78, 5) is 11.8. The molecule has 0 saturated heterocycles. The van der Waals surface area contributed by atoms with Crippen molar-refractivity contribution in [3.05, 3.63) is 29.8 Å². The number of hydrazone groups is 1. The van der Waals surface area contributed by atoms with E-state index >= 15 is 0 Å². The lowest BCUT2D eigenvalue weighted by atomic mass is 10.1. The number of carbonyl (C=O) groups excluding carboxylic acids is 1. The van der Waals surface area contributed by atoms with E-state index in [1.165, 1.54) is 7.11 Å². The maximum absolute atomic E-state index is 11.8. The number of nitrogens with zero attached hydrogens (tertiary/aromatic N) is 4. The fourth-order valence-electron chi connectivity index (χ4n) is 2.15. The molecular formula is C15H19N5O2. The maximum atomic E-state index is 11.8. The number of ether oxygens (including phenoxy) is 1. The SMILES string of the molecule is COC(=O)C1=NN(c2ccc(C#N)cc2)C(C(C)C)NN1C. The van der Waals surface area contributed by atoms with Crippen LogP contribution in [-0.4, -0.2) is 37.1 Å². The van der Waals surface area contributed by atoms with Gasteiger partial charge in [-0.3, -0.25) is 5.01 Å². The van der Waals surface area contributed by atoms with E-state index in [0.29, 0.717) is 5.56 Å². The summed E-state index contributed by atoms with van der Waals surface area (Å²) < 4.78 is 4.76. The van der Waals surface area contributed by atoms with Crippen LogP contribution in [0.15, 0.2) is 29.4 Å². The molecule has 1 aliphatic rings. The first-order valence-corrected chi connectivity index (χ1v) is 6.94. The minimum Gasteiger partial charge on any atom is -0.463 e. The number of nitriles is 1. The van der Waals surface area contributed by atoms with Crippen LogP contribution in [0.1, 0.15) is 19.4 Å². The molecule has 0 aromatic heterocycles. The molecule has 1 aliphatic heterocycles. The van der Waals surface area contributed by atoms with Crippen LogP contribution in [-0.2, 0) is 9.53 Å². The fourth-order valence-corrected chi connectivity index (χ4v) is 2.15. The van der Waals surface area contributed by atoms with Gasteiger partial charge < -0.3 is 4.74 Å². The van der Waals surface area contributed by atoms with Gasteiger partial charge in [0.25, 0.3) is 0 Å². The van der Waals surface area contributed by atoms with E-state index in [4.69, 9.17) is 10.00 Å². The number of methoxy groups -OCH3 is 1. The van der Waals surface area contributed by atoms with Crippen molar-refractivity contribution in [2.75, 3.05) is 19.2 Å². The van der Waals surface area contributed by atoms with E-state index in [1.807, 2.05) is 0 Å². The summed E-state index contributed by atoms with van der Waals surface area (Å²) in [6.07, 6.45) is -0.119. The lowest BCUT2D eigenvalue weighted by Gasteiger charge is -2.40. The summed E-state index contributed by atoms with van der Waals surface area (Å²) in [5, 5.41) is 16.6. The monoisotopic (exact) mass is 301 g/mol. The minimum absolute atomic E-state index is 0.119. The Balaban J connectivity index is 2.43. The van der Waals surface area contributed by atoms with E-state index in [2.05, 4.69) is 30.4 Å². The van der Waals surface area contributed by atoms with Crippen molar-refractivity contribution in [3.8, 4) is 6.07 Å². The highest BCUT2D eigenvalue weighted by molar-refractivity contribution is 6.35. The molecule has 1 aromatic carbocycles. The lowest BCUT2D eigenvalue weighted by Crippen LogP contribution is -2.61. The van der Waals surface area contributed by atoms with Crippen molar-refractivity contribution in [2.24, 2.45) is 11.0 Å². The van der Waals surface area contributed by atoms with Crippen molar-refractivity contribution in [1.29, 1.82) is 5.26 Å². The van der Waals surface area contributed by atoms with Crippen LogP contribution in [0.3, 0.4) is 0 Å². The summed E-state index contributed by atoms with van der Waals surface area (Å²) in [5.74, 6) is -0.111. The second kappa shape index (κ2) is 6.45. The number of likely N-dealkylation sites (N-methyl/N-ethyl adjacent to an activating group) is 1. The molecule has 0 fully saturated rings. The minimum atomic E-state index is -0.518. The van der Waals surface area contributed by atoms with Crippen LogP contribution >= 0.6 is 0 Å². The number of amidine groups is 1. The zero-order chi connectivity index (χ0) is 16.3. The van der Waals surface area contributed by atoms with E-state index in [1.54, 1.807) is 41.3 Å². The molecule has 22 heavy (non-hydrogen) atoms. The second-order valence-electron chi connectivity index (χ2n) is 5.30. The molecule has 116 valence electrons. The largest absolute Gasteiger partial charge is 0.463 e. The molecular weight excluding hydrogens is 282 g/mol. The van der Waals surface area contributed by atoms with E-state index in [0.717, 1.165) is 5.69 Å². The van der Waals surface area contributed by atoms with Crippen LogP contribution in [0.2, 0.25) is 0 Å². The van der Waals surface area contributed by atoms with Crippen LogP contribution in [0, 0.1) is 17.2 Å². The topological polar surface area (TPSA) is 81.0 Å².